The van der Waals surface area contributed by atoms with Crippen molar-refractivity contribution in [3.63, 3.8) is 0 Å². The number of hydrogen-bond donors (Lipinski definition) is 4. The second-order valence-electron chi connectivity index (χ2n) is 19.8. The fourth-order valence-corrected chi connectivity index (χ4v) is 11.0. The van der Waals surface area contributed by atoms with Crippen molar-refractivity contribution < 1.29 is 38.7 Å². The Morgan fingerprint density at radius 2 is 0.693 bits per heavy atom. The Morgan fingerprint density at radius 3 is 0.973 bits per heavy atom. The molecule has 0 aliphatic heterocycles. The van der Waals surface area contributed by atoms with E-state index in [1.54, 1.807) is 28.4 Å². The normalized spacial score (nSPS) is 12.7. The average molecular weight is 1010 g/mol. The van der Waals surface area contributed by atoms with Crippen LogP contribution in [0.25, 0.3) is 21.5 Å². The zero-order valence-corrected chi connectivity index (χ0v) is 44.0. The number of fused-ring (bicyclic) bond motifs is 2. The lowest BCUT2D eigenvalue weighted by Gasteiger charge is -2.43. The number of carbonyl (C=O) groups excluding carboxylic acids is 2. The summed E-state index contributed by atoms with van der Waals surface area (Å²) in [5, 5.41) is 38.0. The summed E-state index contributed by atoms with van der Waals surface area (Å²) < 4.78 is 22.1. The second-order valence-corrected chi connectivity index (χ2v) is 19.8. The van der Waals surface area contributed by atoms with Crippen LogP contribution in [-0.4, -0.2) is 61.7 Å². The molecule has 0 fully saturated rings. The molecule has 0 aliphatic rings. The highest BCUT2D eigenvalue weighted by Crippen LogP contribution is 2.42. The molecule has 8 rings (SSSR count). The van der Waals surface area contributed by atoms with Crippen molar-refractivity contribution in [3.05, 3.63) is 215 Å². The minimum absolute atomic E-state index is 0.130. The Balaban J connectivity index is 1.29. The van der Waals surface area contributed by atoms with E-state index >= 15 is 9.59 Å². The molecule has 10 heteroatoms. The van der Waals surface area contributed by atoms with E-state index in [-0.39, 0.29) is 38.5 Å². The predicted octanol–water partition coefficient (Wildman–Crippen LogP) is 12.1. The molecule has 8 aromatic carbocycles. The highest BCUT2D eigenvalue weighted by molar-refractivity contribution is 6.06. The summed E-state index contributed by atoms with van der Waals surface area (Å²) in [7, 11) is 6.46. The molecule has 0 aliphatic carbocycles. The molecule has 0 saturated carbocycles. The molecule has 0 heterocycles. The van der Waals surface area contributed by atoms with Gasteiger partial charge >= 0.3 is 0 Å². The van der Waals surface area contributed by atoms with Gasteiger partial charge in [-0.25, -0.2) is 0 Å². The first kappa shape index (κ1) is 53.6. The minimum atomic E-state index is -1.67. The molecule has 8 aromatic rings. The summed E-state index contributed by atoms with van der Waals surface area (Å²) in [5.41, 5.74) is -0.320. The Hall–Kier alpha value is -7.66. The van der Waals surface area contributed by atoms with Crippen LogP contribution in [0.3, 0.4) is 0 Å². The van der Waals surface area contributed by atoms with Crippen LogP contribution in [0.1, 0.15) is 85.0 Å². The van der Waals surface area contributed by atoms with E-state index in [2.05, 4.69) is 10.6 Å². The summed E-state index contributed by atoms with van der Waals surface area (Å²) in [6.45, 7) is 3.95. The van der Waals surface area contributed by atoms with E-state index in [4.69, 9.17) is 18.9 Å². The number of benzene rings is 8. The molecule has 0 saturated heterocycles. The van der Waals surface area contributed by atoms with E-state index < -0.39 is 40.5 Å². The van der Waals surface area contributed by atoms with Crippen LogP contribution in [0.15, 0.2) is 182 Å². The van der Waals surface area contributed by atoms with Gasteiger partial charge in [0.15, 0.2) is 0 Å². The maximum Gasteiger partial charge on any atom is 0.236 e. The third-order valence-electron chi connectivity index (χ3n) is 14.8. The summed E-state index contributed by atoms with van der Waals surface area (Å²) in [6, 6.07) is 56.0. The van der Waals surface area contributed by atoms with Crippen molar-refractivity contribution in [2.75, 3.05) is 28.4 Å². The topological polar surface area (TPSA) is 136 Å². The van der Waals surface area contributed by atoms with Gasteiger partial charge in [-0.2, -0.15) is 0 Å². The number of methoxy groups -OCH3 is 4. The summed E-state index contributed by atoms with van der Waals surface area (Å²) >= 11 is 0. The first-order valence-corrected chi connectivity index (χ1v) is 25.9. The fraction of sp³-hybridized carbons (Fsp3) is 0.292. The molecule has 388 valence electrons. The zero-order chi connectivity index (χ0) is 53.0. The SMILES string of the molecule is CCCC(CCC)(C(=O)N[C@@H](c1cccc2ccccc12)C(O)(Cc1ccc(OC)cc1)Cc1ccc(OC)cc1)C(=O)N[C@@H](c1cccc2ccccc12)C(O)(Cc1ccc(OC)cc1)Cc1ccc(OC)cc1. The molecule has 10 nitrogen and oxygen atoms in total. The Morgan fingerprint density at radius 1 is 0.413 bits per heavy atom. The number of carbonyl (C=O) groups is 2. The van der Waals surface area contributed by atoms with E-state index in [1.165, 1.54) is 0 Å². The third kappa shape index (κ3) is 12.2. The molecule has 4 N–H and O–H groups in total. The van der Waals surface area contributed by atoms with Crippen LogP contribution in [0, 0.1) is 5.41 Å². The number of nitrogens with one attached hydrogen (secondary N) is 2. The molecule has 0 radical (unpaired) electrons. The van der Waals surface area contributed by atoms with E-state index in [1.807, 2.05) is 196 Å². The molecular weight excluding hydrogens is 937 g/mol. The molecule has 2 atom stereocenters. The lowest BCUT2D eigenvalue weighted by molar-refractivity contribution is -0.149. The van der Waals surface area contributed by atoms with E-state index in [9.17, 15) is 10.2 Å². The monoisotopic (exact) mass is 1010 g/mol. The standard InChI is InChI=1S/C65H70N2O8/c1-7-39-63(40-8-2,61(68)66-59(57-21-13-17-49-15-9-11-19-55(49)57)64(70,41-45-23-31-51(72-3)32-24-45)42-46-25-33-52(73-4)34-26-46)62(69)67-60(58-22-14-18-50-16-10-12-20-56(50)58)65(71,43-47-27-35-53(74-5)36-28-47)44-48-29-37-54(75-6)38-30-48/h9-38,59-60,70-71H,7-8,39-44H2,1-6H3,(H,66,68)(H,67,69)/t59-,60-/m0/s1. The van der Waals surface area contributed by atoms with Crippen molar-refractivity contribution >= 4 is 33.4 Å². The van der Waals surface area contributed by atoms with Crippen LogP contribution in [0.5, 0.6) is 23.0 Å². The predicted molar refractivity (Wildman–Crippen MR) is 299 cm³/mol. The Bertz CT molecular complexity index is 2830. The van der Waals surface area contributed by atoms with Crippen LogP contribution in [0.4, 0.5) is 0 Å². The highest BCUT2D eigenvalue weighted by Gasteiger charge is 2.51. The van der Waals surface area contributed by atoms with Crippen LogP contribution >= 0.6 is 0 Å². The van der Waals surface area contributed by atoms with Gasteiger partial charge in [0.2, 0.25) is 11.8 Å². The highest BCUT2D eigenvalue weighted by atomic mass is 16.5. The first-order chi connectivity index (χ1) is 36.4. The number of rotatable bonds is 24. The molecule has 75 heavy (non-hydrogen) atoms. The van der Waals surface area contributed by atoms with Gasteiger partial charge in [-0.3, -0.25) is 9.59 Å². The second kappa shape index (κ2) is 24.1. The number of hydrogen-bond acceptors (Lipinski definition) is 8. The van der Waals surface area contributed by atoms with Gasteiger partial charge < -0.3 is 39.8 Å². The molecular formula is C65H70N2O8. The quantitative estimate of drug-likeness (QED) is 0.0440. The maximum absolute atomic E-state index is 16.2. The summed E-state index contributed by atoms with van der Waals surface area (Å²) in [5.74, 6) is 1.66. The summed E-state index contributed by atoms with van der Waals surface area (Å²) in [4.78, 5) is 32.4. The van der Waals surface area contributed by atoms with Crippen molar-refractivity contribution in [1.29, 1.82) is 0 Å². The van der Waals surface area contributed by atoms with Crippen molar-refractivity contribution in [3.8, 4) is 23.0 Å². The zero-order valence-electron chi connectivity index (χ0n) is 44.0. The van der Waals surface area contributed by atoms with E-state index in [0.29, 0.717) is 47.0 Å². The van der Waals surface area contributed by atoms with Crippen LogP contribution < -0.4 is 29.6 Å². The number of ether oxygens (including phenoxy) is 4. The molecule has 2 amide bonds. The fourth-order valence-electron chi connectivity index (χ4n) is 11.0. The van der Waals surface area contributed by atoms with Crippen molar-refractivity contribution in [1.82, 2.24) is 10.6 Å². The van der Waals surface area contributed by atoms with Gasteiger partial charge in [0.1, 0.15) is 28.4 Å². The van der Waals surface area contributed by atoms with Crippen molar-refractivity contribution in [2.45, 2.75) is 88.5 Å². The maximum atomic E-state index is 16.2. The van der Waals surface area contributed by atoms with Gasteiger partial charge in [-0.1, -0.05) is 160 Å². The van der Waals surface area contributed by atoms with Crippen LogP contribution in [-0.2, 0) is 35.3 Å². The lowest BCUT2D eigenvalue weighted by Crippen LogP contribution is -2.59. The minimum Gasteiger partial charge on any atom is -0.497 e. The Kier molecular flexibility index (Phi) is 17.3. The average Bonchev–Trinajstić information content (AvgIpc) is 3.44. The van der Waals surface area contributed by atoms with Gasteiger partial charge in [0, 0.05) is 25.7 Å². The van der Waals surface area contributed by atoms with Gasteiger partial charge in [-0.15, -0.1) is 0 Å². The molecule has 0 aromatic heterocycles. The third-order valence-corrected chi connectivity index (χ3v) is 14.8. The van der Waals surface area contributed by atoms with Crippen LogP contribution in [0.2, 0.25) is 0 Å². The van der Waals surface area contributed by atoms with Gasteiger partial charge in [0.25, 0.3) is 0 Å². The van der Waals surface area contributed by atoms with E-state index in [0.717, 1.165) is 43.8 Å². The van der Waals surface area contributed by atoms with Crippen molar-refractivity contribution in [2.24, 2.45) is 5.41 Å². The number of aliphatic hydroxyl groups is 2. The molecule has 0 unspecified atom stereocenters. The smallest absolute Gasteiger partial charge is 0.236 e. The van der Waals surface area contributed by atoms with Gasteiger partial charge in [0.05, 0.1) is 51.7 Å². The summed E-state index contributed by atoms with van der Waals surface area (Å²) in [6.07, 6.45) is 1.87. The molecule has 0 spiro atoms. The largest absolute Gasteiger partial charge is 0.497 e. The Labute approximate surface area is 441 Å². The number of amides is 2. The first-order valence-electron chi connectivity index (χ1n) is 25.9. The lowest BCUT2D eigenvalue weighted by atomic mass is 9.73. The van der Waals surface area contributed by atoms with Gasteiger partial charge in [-0.05, 0) is 116 Å². The molecule has 0 bridgehead atoms.